The number of aliphatic hydroxyl groups excluding tert-OH is 1. The Balaban J connectivity index is 2.34. The monoisotopic (exact) mass is 204 g/mol. The van der Waals surface area contributed by atoms with Crippen LogP contribution < -0.4 is 4.74 Å². The molecule has 0 unspecified atom stereocenters. The first kappa shape index (κ1) is 9.77. The number of methoxy groups -OCH3 is 1. The highest BCUT2D eigenvalue weighted by Gasteiger charge is 2.23. The van der Waals surface area contributed by atoms with Crippen molar-refractivity contribution in [1.82, 2.24) is 0 Å². The molecule has 0 aromatic heterocycles. The fraction of sp³-hybridized carbons (Fsp3) is 0.250. The fourth-order valence-electron chi connectivity index (χ4n) is 1.72. The standard InChI is InChI=1S/C12H12O3/c1-15-9-4-2-8(3-5-9)10-6-7-11(13)12(10)14/h2-5,14H,6-7H2,1H3. The number of hydrogen-bond donors (Lipinski definition) is 1. The van der Waals surface area contributed by atoms with Gasteiger partial charge in [-0.15, -0.1) is 0 Å². The maximum atomic E-state index is 11.1. The highest BCUT2D eigenvalue weighted by Crippen LogP contribution is 2.30. The Bertz CT molecular complexity index is 415. The molecule has 0 amide bonds. The number of rotatable bonds is 2. The summed E-state index contributed by atoms with van der Waals surface area (Å²) in [7, 11) is 1.60. The second-order valence-corrected chi connectivity index (χ2v) is 3.48. The third-order valence-electron chi connectivity index (χ3n) is 2.59. The fourth-order valence-corrected chi connectivity index (χ4v) is 1.72. The molecular formula is C12H12O3. The minimum absolute atomic E-state index is 0.0832. The van der Waals surface area contributed by atoms with Gasteiger partial charge in [-0.3, -0.25) is 4.79 Å². The van der Waals surface area contributed by atoms with Crippen molar-refractivity contribution >= 4 is 11.4 Å². The van der Waals surface area contributed by atoms with Gasteiger partial charge in [0.2, 0.25) is 0 Å². The van der Waals surface area contributed by atoms with E-state index in [9.17, 15) is 9.90 Å². The van der Waals surface area contributed by atoms with Crippen LogP contribution in [0.25, 0.3) is 5.57 Å². The zero-order chi connectivity index (χ0) is 10.8. The van der Waals surface area contributed by atoms with Crippen LogP contribution in [0.5, 0.6) is 5.75 Å². The number of carbonyl (C=O) groups is 1. The Hall–Kier alpha value is -1.77. The predicted molar refractivity (Wildman–Crippen MR) is 56.8 cm³/mol. The van der Waals surface area contributed by atoms with Crippen molar-refractivity contribution in [3.63, 3.8) is 0 Å². The molecule has 78 valence electrons. The number of ether oxygens (including phenoxy) is 1. The van der Waals surface area contributed by atoms with Crippen molar-refractivity contribution in [3.8, 4) is 5.75 Å². The average Bonchev–Trinajstić information content (AvgIpc) is 2.60. The van der Waals surface area contributed by atoms with E-state index in [4.69, 9.17) is 4.74 Å². The Morgan fingerprint density at radius 3 is 2.33 bits per heavy atom. The third-order valence-corrected chi connectivity index (χ3v) is 2.59. The van der Waals surface area contributed by atoms with E-state index in [0.29, 0.717) is 12.8 Å². The van der Waals surface area contributed by atoms with Gasteiger partial charge in [-0.1, -0.05) is 12.1 Å². The molecular weight excluding hydrogens is 192 g/mol. The summed E-state index contributed by atoms with van der Waals surface area (Å²) in [5, 5.41) is 9.54. The Morgan fingerprint density at radius 2 is 1.87 bits per heavy atom. The second kappa shape index (κ2) is 3.77. The van der Waals surface area contributed by atoms with E-state index in [1.54, 1.807) is 7.11 Å². The van der Waals surface area contributed by atoms with E-state index in [0.717, 1.165) is 16.9 Å². The summed E-state index contributed by atoms with van der Waals surface area (Å²) in [5.74, 6) is 0.518. The largest absolute Gasteiger partial charge is 0.504 e. The van der Waals surface area contributed by atoms with Crippen LogP contribution in [0.15, 0.2) is 30.0 Å². The van der Waals surface area contributed by atoms with Crippen LogP contribution in [-0.2, 0) is 4.79 Å². The molecule has 3 nitrogen and oxygen atoms in total. The van der Waals surface area contributed by atoms with Gasteiger partial charge >= 0.3 is 0 Å². The van der Waals surface area contributed by atoms with Gasteiger partial charge in [0.25, 0.3) is 0 Å². The molecule has 0 saturated heterocycles. The molecule has 15 heavy (non-hydrogen) atoms. The first-order valence-electron chi connectivity index (χ1n) is 4.82. The second-order valence-electron chi connectivity index (χ2n) is 3.48. The molecule has 1 aliphatic rings. The van der Waals surface area contributed by atoms with Crippen molar-refractivity contribution in [1.29, 1.82) is 0 Å². The number of hydrogen-bond acceptors (Lipinski definition) is 3. The van der Waals surface area contributed by atoms with Crippen LogP contribution in [0.4, 0.5) is 0 Å². The van der Waals surface area contributed by atoms with Crippen LogP contribution in [0, 0.1) is 0 Å². The molecule has 0 aliphatic heterocycles. The van der Waals surface area contributed by atoms with E-state index in [1.165, 1.54) is 0 Å². The van der Waals surface area contributed by atoms with E-state index < -0.39 is 0 Å². The van der Waals surface area contributed by atoms with Crippen molar-refractivity contribution in [3.05, 3.63) is 35.6 Å². The molecule has 1 N–H and O–H groups in total. The normalized spacial score (nSPS) is 15.9. The number of carbonyl (C=O) groups excluding carboxylic acids is 1. The minimum atomic E-state index is -0.166. The Morgan fingerprint density at radius 1 is 1.20 bits per heavy atom. The first-order valence-corrected chi connectivity index (χ1v) is 4.82. The van der Waals surface area contributed by atoms with Gasteiger partial charge in [0.1, 0.15) is 5.75 Å². The molecule has 0 fully saturated rings. The SMILES string of the molecule is COc1ccc(C2=C(O)C(=O)CC2)cc1. The van der Waals surface area contributed by atoms with Gasteiger partial charge in [-0.2, -0.15) is 0 Å². The minimum Gasteiger partial charge on any atom is -0.504 e. The van der Waals surface area contributed by atoms with E-state index in [1.807, 2.05) is 24.3 Å². The van der Waals surface area contributed by atoms with E-state index in [2.05, 4.69) is 0 Å². The lowest BCUT2D eigenvalue weighted by Gasteiger charge is -2.04. The molecule has 0 heterocycles. The molecule has 0 bridgehead atoms. The summed E-state index contributed by atoms with van der Waals surface area (Å²) in [6.45, 7) is 0. The smallest absolute Gasteiger partial charge is 0.197 e. The third kappa shape index (κ3) is 1.73. The topological polar surface area (TPSA) is 46.5 Å². The maximum absolute atomic E-state index is 11.1. The van der Waals surface area contributed by atoms with Gasteiger partial charge in [-0.25, -0.2) is 0 Å². The van der Waals surface area contributed by atoms with Gasteiger partial charge in [0, 0.05) is 12.0 Å². The zero-order valence-electron chi connectivity index (χ0n) is 8.49. The number of aliphatic hydroxyl groups is 1. The summed E-state index contributed by atoms with van der Waals surface area (Å²) < 4.78 is 5.03. The van der Waals surface area contributed by atoms with Gasteiger partial charge in [-0.05, 0) is 24.1 Å². The summed E-state index contributed by atoms with van der Waals surface area (Å²) in [4.78, 5) is 11.1. The van der Waals surface area contributed by atoms with Gasteiger partial charge < -0.3 is 9.84 Å². The average molecular weight is 204 g/mol. The molecule has 1 aliphatic carbocycles. The number of ketones is 1. The Labute approximate surface area is 88.0 Å². The van der Waals surface area contributed by atoms with E-state index in [-0.39, 0.29) is 11.5 Å². The van der Waals surface area contributed by atoms with Crippen molar-refractivity contribution in [2.45, 2.75) is 12.8 Å². The lowest BCUT2D eigenvalue weighted by molar-refractivity contribution is -0.117. The number of benzene rings is 1. The lowest BCUT2D eigenvalue weighted by Crippen LogP contribution is -1.93. The van der Waals surface area contributed by atoms with Crippen LogP contribution in [0.3, 0.4) is 0 Å². The van der Waals surface area contributed by atoms with Crippen LogP contribution in [-0.4, -0.2) is 18.0 Å². The van der Waals surface area contributed by atoms with Crippen molar-refractivity contribution < 1.29 is 14.6 Å². The molecule has 1 aromatic carbocycles. The summed E-state index contributed by atoms with van der Waals surface area (Å²) in [6.07, 6.45) is 1.03. The number of allylic oxidation sites excluding steroid dienone is 2. The predicted octanol–water partition coefficient (Wildman–Crippen LogP) is 2.33. The van der Waals surface area contributed by atoms with Crippen LogP contribution in [0.2, 0.25) is 0 Å². The van der Waals surface area contributed by atoms with Crippen molar-refractivity contribution in [2.75, 3.05) is 7.11 Å². The number of Topliss-reactive ketones (excluding diaryl/α,β-unsaturated/α-hetero) is 1. The Kier molecular flexibility index (Phi) is 2.46. The van der Waals surface area contributed by atoms with Crippen molar-refractivity contribution in [2.24, 2.45) is 0 Å². The molecule has 0 radical (unpaired) electrons. The molecule has 0 spiro atoms. The maximum Gasteiger partial charge on any atom is 0.197 e. The summed E-state index contributed by atoms with van der Waals surface area (Å²) >= 11 is 0. The van der Waals surface area contributed by atoms with Gasteiger partial charge in [0.05, 0.1) is 7.11 Å². The molecule has 3 heteroatoms. The first-order chi connectivity index (χ1) is 7.22. The molecule has 1 aromatic rings. The highest BCUT2D eigenvalue weighted by atomic mass is 16.5. The molecule has 0 atom stereocenters. The summed E-state index contributed by atoms with van der Waals surface area (Å²) in [5.41, 5.74) is 1.63. The zero-order valence-corrected chi connectivity index (χ0v) is 8.49. The quantitative estimate of drug-likeness (QED) is 0.804. The summed E-state index contributed by atoms with van der Waals surface area (Å²) in [6, 6.07) is 7.34. The van der Waals surface area contributed by atoms with Gasteiger partial charge in [0.15, 0.2) is 11.5 Å². The van der Waals surface area contributed by atoms with Crippen LogP contribution in [0.1, 0.15) is 18.4 Å². The highest BCUT2D eigenvalue weighted by molar-refractivity contribution is 6.04. The molecule has 0 saturated carbocycles. The molecule has 2 rings (SSSR count). The lowest BCUT2D eigenvalue weighted by atomic mass is 10.1. The van der Waals surface area contributed by atoms with Crippen LogP contribution >= 0.6 is 0 Å². The van der Waals surface area contributed by atoms with E-state index >= 15 is 0 Å².